The van der Waals surface area contributed by atoms with Crippen molar-refractivity contribution in [3.8, 4) is 0 Å². The van der Waals surface area contributed by atoms with Crippen molar-refractivity contribution in [2.24, 2.45) is 5.92 Å². The van der Waals surface area contributed by atoms with E-state index in [2.05, 4.69) is 10.0 Å². The molecule has 0 saturated heterocycles. The highest BCUT2D eigenvalue weighted by molar-refractivity contribution is 7.92. The fraction of sp³-hybridized carbons (Fsp3) is 0.533. The molecule has 22 heavy (non-hydrogen) atoms. The molecule has 1 unspecified atom stereocenters. The van der Waals surface area contributed by atoms with Gasteiger partial charge in [-0.05, 0) is 33.2 Å². The molecule has 6 nitrogen and oxygen atoms in total. The smallest absolute Gasteiger partial charge is 0.233 e. The largest absolute Gasteiger partial charge is 0.355 e. The fourth-order valence-electron chi connectivity index (χ4n) is 1.82. The van der Waals surface area contributed by atoms with Gasteiger partial charge in [-0.3, -0.25) is 9.52 Å². The molecule has 0 aliphatic rings. The van der Waals surface area contributed by atoms with E-state index < -0.39 is 15.9 Å². The Hall–Kier alpha value is -1.60. The van der Waals surface area contributed by atoms with Gasteiger partial charge in [-0.2, -0.15) is 0 Å². The van der Waals surface area contributed by atoms with E-state index >= 15 is 0 Å². The molecular formula is C15H25N3O3S. The maximum Gasteiger partial charge on any atom is 0.233 e. The van der Waals surface area contributed by atoms with Crippen molar-refractivity contribution in [1.29, 1.82) is 0 Å². The number of anilines is 1. The van der Waals surface area contributed by atoms with Crippen LogP contribution in [0, 0.1) is 12.8 Å². The third kappa shape index (κ3) is 6.91. The second kappa shape index (κ2) is 8.14. The van der Waals surface area contributed by atoms with Gasteiger partial charge in [0.25, 0.3) is 0 Å². The highest BCUT2D eigenvalue weighted by atomic mass is 32.2. The summed E-state index contributed by atoms with van der Waals surface area (Å²) in [7, 11) is 0.262. The van der Waals surface area contributed by atoms with Crippen molar-refractivity contribution < 1.29 is 13.2 Å². The van der Waals surface area contributed by atoms with Crippen LogP contribution < -0.4 is 10.0 Å². The Bertz CT molecular complexity index is 583. The number of benzene rings is 1. The summed E-state index contributed by atoms with van der Waals surface area (Å²) < 4.78 is 26.7. The lowest BCUT2D eigenvalue weighted by molar-refractivity contribution is -0.123. The molecule has 1 aromatic carbocycles. The van der Waals surface area contributed by atoms with Crippen LogP contribution in [0.3, 0.4) is 0 Å². The van der Waals surface area contributed by atoms with Gasteiger partial charge in [-0.1, -0.05) is 24.6 Å². The zero-order chi connectivity index (χ0) is 16.8. The summed E-state index contributed by atoms with van der Waals surface area (Å²) in [5.41, 5.74) is 1.56. The Morgan fingerprint density at radius 1 is 1.23 bits per heavy atom. The minimum atomic E-state index is -3.55. The van der Waals surface area contributed by atoms with Crippen molar-refractivity contribution in [2.45, 2.75) is 13.8 Å². The van der Waals surface area contributed by atoms with Crippen molar-refractivity contribution in [2.75, 3.05) is 37.7 Å². The topological polar surface area (TPSA) is 78.5 Å². The van der Waals surface area contributed by atoms with Crippen molar-refractivity contribution in [3.63, 3.8) is 0 Å². The summed E-state index contributed by atoms with van der Waals surface area (Å²) in [5, 5.41) is 2.73. The zero-order valence-electron chi connectivity index (χ0n) is 13.6. The van der Waals surface area contributed by atoms with Crippen LogP contribution in [0.5, 0.6) is 0 Å². The fourth-order valence-corrected chi connectivity index (χ4v) is 3.21. The Morgan fingerprint density at radius 2 is 1.82 bits per heavy atom. The lowest BCUT2D eigenvalue weighted by Crippen LogP contribution is -2.37. The van der Waals surface area contributed by atoms with Gasteiger partial charge in [0.2, 0.25) is 15.9 Å². The zero-order valence-corrected chi connectivity index (χ0v) is 14.4. The van der Waals surface area contributed by atoms with Crippen LogP contribution in [-0.4, -0.2) is 52.2 Å². The van der Waals surface area contributed by atoms with Crippen LogP contribution in [0.1, 0.15) is 12.5 Å². The van der Waals surface area contributed by atoms with E-state index in [4.69, 9.17) is 0 Å². The van der Waals surface area contributed by atoms with Gasteiger partial charge in [-0.25, -0.2) is 8.42 Å². The van der Waals surface area contributed by atoms with Crippen molar-refractivity contribution in [1.82, 2.24) is 10.2 Å². The molecule has 7 heteroatoms. The number of hydrogen-bond donors (Lipinski definition) is 2. The van der Waals surface area contributed by atoms with Gasteiger partial charge >= 0.3 is 0 Å². The van der Waals surface area contributed by atoms with E-state index in [-0.39, 0.29) is 11.7 Å². The molecule has 0 heterocycles. The molecule has 1 rings (SSSR count). The minimum Gasteiger partial charge on any atom is -0.355 e. The number of carbonyl (C=O) groups excluding carboxylic acids is 1. The molecule has 124 valence electrons. The number of rotatable bonds is 8. The molecule has 0 saturated carbocycles. The number of amides is 1. The van der Waals surface area contributed by atoms with E-state index in [0.29, 0.717) is 18.8 Å². The predicted molar refractivity (Wildman–Crippen MR) is 89.3 cm³/mol. The number of hydrogen-bond acceptors (Lipinski definition) is 4. The van der Waals surface area contributed by atoms with Crippen LogP contribution >= 0.6 is 0 Å². The number of aryl methyl sites for hydroxylation is 1. The van der Waals surface area contributed by atoms with Crippen LogP contribution in [0.15, 0.2) is 24.3 Å². The second-order valence-corrected chi connectivity index (χ2v) is 7.51. The summed E-state index contributed by atoms with van der Waals surface area (Å²) in [5.74, 6) is -1.10. The molecule has 0 aliphatic carbocycles. The molecule has 1 aromatic rings. The first-order chi connectivity index (χ1) is 10.2. The third-order valence-electron chi connectivity index (χ3n) is 3.10. The quantitative estimate of drug-likeness (QED) is 0.748. The monoisotopic (exact) mass is 327 g/mol. The lowest BCUT2D eigenvalue weighted by Gasteiger charge is -2.15. The summed E-state index contributed by atoms with van der Waals surface area (Å²) in [6, 6.07) is 7.06. The highest BCUT2D eigenvalue weighted by Gasteiger charge is 2.21. The lowest BCUT2D eigenvalue weighted by atomic mass is 10.2. The first-order valence-corrected chi connectivity index (χ1v) is 8.84. The maximum atomic E-state index is 12.1. The number of nitrogens with zero attached hydrogens (tertiary/aromatic N) is 1. The van der Waals surface area contributed by atoms with Gasteiger partial charge in [0, 0.05) is 18.8 Å². The van der Waals surface area contributed by atoms with E-state index in [1.165, 1.54) is 0 Å². The second-order valence-electron chi connectivity index (χ2n) is 5.74. The number of nitrogens with one attached hydrogen (secondary N) is 2. The molecule has 0 aliphatic heterocycles. The van der Waals surface area contributed by atoms with Crippen molar-refractivity contribution >= 4 is 21.6 Å². The van der Waals surface area contributed by atoms with Gasteiger partial charge < -0.3 is 10.2 Å². The van der Waals surface area contributed by atoms with Crippen LogP contribution in [0.25, 0.3) is 0 Å². The van der Waals surface area contributed by atoms with Gasteiger partial charge in [-0.15, -0.1) is 0 Å². The first kappa shape index (κ1) is 18.4. The van der Waals surface area contributed by atoms with Crippen LogP contribution in [-0.2, 0) is 14.8 Å². The van der Waals surface area contributed by atoms with E-state index in [0.717, 1.165) is 5.56 Å². The SMILES string of the molecule is Cc1ccc(NS(=O)(=O)CC(C)C(=O)NCCN(C)C)cc1. The third-order valence-corrected chi connectivity index (χ3v) is 4.59. The number of likely N-dealkylation sites (N-methyl/N-ethyl adjacent to an activating group) is 1. The maximum absolute atomic E-state index is 12.1. The Balaban J connectivity index is 2.52. The average molecular weight is 327 g/mol. The summed E-state index contributed by atoms with van der Waals surface area (Å²) in [6.45, 7) is 4.76. The molecule has 2 N–H and O–H groups in total. The van der Waals surface area contributed by atoms with Crippen LogP contribution in [0.2, 0.25) is 0 Å². The van der Waals surface area contributed by atoms with Gasteiger partial charge in [0.05, 0.1) is 11.7 Å². The van der Waals surface area contributed by atoms with Gasteiger partial charge in [0.15, 0.2) is 0 Å². The van der Waals surface area contributed by atoms with E-state index in [1.54, 1.807) is 19.1 Å². The molecule has 0 spiro atoms. The van der Waals surface area contributed by atoms with E-state index in [1.807, 2.05) is 38.1 Å². The summed E-state index contributed by atoms with van der Waals surface area (Å²) in [4.78, 5) is 13.8. The highest BCUT2D eigenvalue weighted by Crippen LogP contribution is 2.12. The average Bonchev–Trinajstić information content (AvgIpc) is 2.40. The Morgan fingerprint density at radius 3 is 2.36 bits per heavy atom. The summed E-state index contributed by atoms with van der Waals surface area (Å²) >= 11 is 0. The van der Waals surface area contributed by atoms with Crippen LogP contribution in [0.4, 0.5) is 5.69 Å². The molecule has 0 aromatic heterocycles. The Kier molecular flexibility index (Phi) is 6.83. The molecule has 1 amide bonds. The summed E-state index contributed by atoms with van der Waals surface area (Å²) in [6.07, 6.45) is 0. The molecular weight excluding hydrogens is 302 g/mol. The minimum absolute atomic E-state index is 0.241. The molecule has 0 radical (unpaired) electrons. The van der Waals surface area contributed by atoms with Crippen molar-refractivity contribution in [3.05, 3.63) is 29.8 Å². The Labute approximate surface area is 132 Å². The van der Waals surface area contributed by atoms with E-state index in [9.17, 15) is 13.2 Å². The number of carbonyl (C=O) groups is 1. The molecule has 0 fully saturated rings. The normalized spacial score (nSPS) is 13.0. The molecule has 0 bridgehead atoms. The number of sulfonamides is 1. The first-order valence-electron chi connectivity index (χ1n) is 7.19. The van der Waals surface area contributed by atoms with Gasteiger partial charge in [0.1, 0.15) is 0 Å². The molecule has 1 atom stereocenters. The predicted octanol–water partition coefficient (Wildman–Crippen LogP) is 1.05. The standard InChI is InChI=1S/C15H25N3O3S/c1-12-5-7-14(8-6-12)17-22(20,21)11-13(2)15(19)16-9-10-18(3)4/h5-8,13,17H,9-11H2,1-4H3,(H,16,19).